The molecule has 1 aromatic rings. The van der Waals surface area contributed by atoms with Gasteiger partial charge in [0.25, 0.3) is 0 Å². The molecule has 55 valence electrons. The van der Waals surface area contributed by atoms with Gasteiger partial charge in [-0.2, -0.15) is 0 Å². The molecule has 1 aromatic carbocycles. The van der Waals surface area contributed by atoms with Crippen molar-refractivity contribution < 1.29 is 9.59 Å². The van der Waals surface area contributed by atoms with Crippen LogP contribution in [0.1, 0.15) is 10.4 Å². The first-order chi connectivity index (χ1) is 5.34. The van der Waals surface area contributed by atoms with Crippen LogP contribution in [0, 0.1) is 6.42 Å². The molecule has 0 aliphatic heterocycles. The third-order valence-corrected chi connectivity index (χ3v) is 1.28. The van der Waals surface area contributed by atoms with Gasteiger partial charge >= 0.3 is 0 Å². The summed E-state index contributed by atoms with van der Waals surface area (Å²) in [7, 11) is 0. The molecule has 2 nitrogen and oxygen atoms in total. The van der Waals surface area contributed by atoms with Gasteiger partial charge in [0.15, 0.2) is 5.78 Å². The second kappa shape index (κ2) is 3.66. The molecule has 0 saturated heterocycles. The first kappa shape index (κ1) is 7.66. The van der Waals surface area contributed by atoms with Gasteiger partial charge in [-0.15, -0.1) is 0 Å². The van der Waals surface area contributed by atoms with Crippen LogP contribution < -0.4 is 0 Å². The van der Waals surface area contributed by atoms with E-state index in [1.165, 1.54) is 0 Å². The van der Waals surface area contributed by atoms with E-state index in [0.29, 0.717) is 11.8 Å². The summed E-state index contributed by atoms with van der Waals surface area (Å²) in [5.74, 6) is -0.249. The number of aldehydes is 1. The van der Waals surface area contributed by atoms with Crippen LogP contribution in [-0.2, 0) is 4.79 Å². The van der Waals surface area contributed by atoms with Crippen molar-refractivity contribution in [1.29, 1.82) is 0 Å². The van der Waals surface area contributed by atoms with Crippen molar-refractivity contribution in [3.63, 3.8) is 0 Å². The van der Waals surface area contributed by atoms with E-state index >= 15 is 0 Å². The van der Waals surface area contributed by atoms with Gasteiger partial charge in [-0.25, -0.2) is 0 Å². The fraction of sp³-hybridized carbons (Fsp3) is 0. The maximum atomic E-state index is 11.0. The molecular formula is C9H7O2. The predicted octanol–water partition coefficient (Wildman–Crippen LogP) is 1.27. The molecule has 11 heavy (non-hydrogen) atoms. The Balaban J connectivity index is 2.77. The van der Waals surface area contributed by atoms with E-state index in [0.717, 1.165) is 6.42 Å². The lowest BCUT2D eigenvalue weighted by Crippen LogP contribution is -1.99. The van der Waals surface area contributed by atoms with Crippen molar-refractivity contribution in [2.24, 2.45) is 0 Å². The zero-order chi connectivity index (χ0) is 8.10. The van der Waals surface area contributed by atoms with E-state index < -0.39 is 0 Å². The molecule has 0 N–H and O–H groups in total. The van der Waals surface area contributed by atoms with Crippen molar-refractivity contribution in [2.45, 2.75) is 0 Å². The van der Waals surface area contributed by atoms with E-state index in [1.54, 1.807) is 24.3 Å². The van der Waals surface area contributed by atoms with Gasteiger partial charge in [-0.1, -0.05) is 30.3 Å². The Morgan fingerprint density at radius 3 is 2.36 bits per heavy atom. The van der Waals surface area contributed by atoms with Gasteiger partial charge in [0.2, 0.25) is 0 Å². The summed E-state index contributed by atoms with van der Waals surface area (Å²) < 4.78 is 0. The van der Waals surface area contributed by atoms with Crippen LogP contribution in [0.3, 0.4) is 0 Å². The molecule has 1 radical (unpaired) electrons. The zero-order valence-electron chi connectivity index (χ0n) is 5.86. The van der Waals surface area contributed by atoms with E-state index in [-0.39, 0.29) is 5.78 Å². The highest BCUT2D eigenvalue weighted by atomic mass is 16.1. The Morgan fingerprint density at radius 1 is 1.18 bits per heavy atom. The number of ketones is 1. The van der Waals surface area contributed by atoms with E-state index in [1.807, 2.05) is 6.07 Å². The van der Waals surface area contributed by atoms with Gasteiger partial charge in [0.1, 0.15) is 6.29 Å². The van der Waals surface area contributed by atoms with Crippen LogP contribution >= 0.6 is 0 Å². The SMILES string of the molecule is O=C[CH]C(=O)c1ccccc1. The topological polar surface area (TPSA) is 34.1 Å². The van der Waals surface area contributed by atoms with E-state index in [9.17, 15) is 9.59 Å². The lowest BCUT2D eigenvalue weighted by atomic mass is 10.1. The third kappa shape index (κ3) is 2.00. The molecular weight excluding hydrogens is 140 g/mol. The summed E-state index contributed by atoms with van der Waals surface area (Å²) in [6, 6.07) is 8.67. The lowest BCUT2D eigenvalue weighted by Gasteiger charge is -1.92. The second-order valence-electron chi connectivity index (χ2n) is 2.03. The van der Waals surface area contributed by atoms with Gasteiger partial charge in [-0.05, 0) is 0 Å². The van der Waals surface area contributed by atoms with Gasteiger partial charge in [0, 0.05) is 5.56 Å². The number of carbonyl (C=O) groups excluding carboxylic acids is 2. The van der Waals surface area contributed by atoms with Gasteiger partial charge in [-0.3, -0.25) is 4.79 Å². The van der Waals surface area contributed by atoms with Gasteiger partial charge < -0.3 is 4.79 Å². The number of benzene rings is 1. The first-order valence-electron chi connectivity index (χ1n) is 3.22. The number of carbonyl (C=O) groups is 2. The Hall–Kier alpha value is -1.44. The Labute approximate surface area is 64.8 Å². The predicted molar refractivity (Wildman–Crippen MR) is 41.1 cm³/mol. The summed E-state index contributed by atoms with van der Waals surface area (Å²) in [5.41, 5.74) is 0.541. The quantitative estimate of drug-likeness (QED) is 0.366. The maximum absolute atomic E-state index is 11.0. The summed E-state index contributed by atoms with van der Waals surface area (Å²) >= 11 is 0. The molecule has 1 rings (SSSR count). The normalized spacial score (nSPS) is 9.09. The van der Waals surface area contributed by atoms with Crippen LogP contribution in [0.2, 0.25) is 0 Å². The summed E-state index contributed by atoms with van der Waals surface area (Å²) in [5, 5.41) is 0. The maximum Gasteiger partial charge on any atom is 0.174 e. The second-order valence-corrected chi connectivity index (χ2v) is 2.03. The van der Waals surface area contributed by atoms with Crippen LogP contribution in [0.5, 0.6) is 0 Å². The number of hydrogen-bond acceptors (Lipinski definition) is 2. The molecule has 0 spiro atoms. The fourth-order valence-electron chi connectivity index (χ4n) is 0.760. The van der Waals surface area contributed by atoms with Crippen LogP contribution in [0.15, 0.2) is 30.3 Å². The van der Waals surface area contributed by atoms with Crippen LogP contribution in [0.25, 0.3) is 0 Å². The molecule has 0 aromatic heterocycles. The molecule has 2 heteroatoms. The molecule has 0 saturated carbocycles. The molecule has 0 amide bonds. The monoisotopic (exact) mass is 147 g/mol. The molecule has 0 bridgehead atoms. The Kier molecular flexibility index (Phi) is 2.55. The smallest absolute Gasteiger partial charge is 0.174 e. The molecule has 0 aliphatic rings. The molecule has 0 unspecified atom stereocenters. The molecule has 0 heterocycles. The number of Topliss-reactive ketones (excluding diaryl/α,β-unsaturated/α-hetero) is 1. The van der Waals surface area contributed by atoms with E-state index in [2.05, 4.69) is 0 Å². The highest BCUT2D eigenvalue weighted by molar-refractivity contribution is 6.11. The first-order valence-corrected chi connectivity index (χ1v) is 3.22. The minimum Gasteiger partial charge on any atom is -0.303 e. The highest BCUT2D eigenvalue weighted by Crippen LogP contribution is 2.00. The fourth-order valence-corrected chi connectivity index (χ4v) is 0.760. The number of hydrogen-bond donors (Lipinski definition) is 0. The van der Waals surface area contributed by atoms with Crippen molar-refractivity contribution in [2.75, 3.05) is 0 Å². The van der Waals surface area contributed by atoms with Crippen LogP contribution in [0.4, 0.5) is 0 Å². The average Bonchev–Trinajstić information content (AvgIpc) is 2.07. The molecule has 0 atom stereocenters. The molecule has 0 aliphatic carbocycles. The molecule has 0 fully saturated rings. The third-order valence-electron chi connectivity index (χ3n) is 1.28. The van der Waals surface area contributed by atoms with Crippen molar-refractivity contribution in [3.8, 4) is 0 Å². The average molecular weight is 147 g/mol. The Bertz CT molecular complexity index is 252. The zero-order valence-corrected chi connectivity index (χ0v) is 5.86. The van der Waals surface area contributed by atoms with Crippen LogP contribution in [-0.4, -0.2) is 12.1 Å². The van der Waals surface area contributed by atoms with Crippen molar-refractivity contribution in [1.82, 2.24) is 0 Å². The summed E-state index contributed by atoms with van der Waals surface area (Å²) in [4.78, 5) is 20.9. The lowest BCUT2D eigenvalue weighted by molar-refractivity contribution is -0.104. The summed E-state index contributed by atoms with van der Waals surface area (Å²) in [6.45, 7) is 0. The number of rotatable bonds is 3. The largest absolute Gasteiger partial charge is 0.303 e. The van der Waals surface area contributed by atoms with Crippen molar-refractivity contribution in [3.05, 3.63) is 42.3 Å². The highest BCUT2D eigenvalue weighted by Gasteiger charge is 2.02. The minimum absolute atomic E-state index is 0.249. The Morgan fingerprint density at radius 2 is 1.82 bits per heavy atom. The van der Waals surface area contributed by atoms with Crippen molar-refractivity contribution >= 4 is 12.1 Å². The minimum atomic E-state index is -0.249. The van der Waals surface area contributed by atoms with Gasteiger partial charge in [0.05, 0.1) is 6.42 Å². The standard InChI is InChI=1S/C9H7O2/c10-7-6-9(11)8-4-2-1-3-5-8/h1-7H. The summed E-state index contributed by atoms with van der Waals surface area (Å²) in [6.07, 6.45) is 1.50. The van der Waals surface area contributed by atoms with E-state index in [4.69, 9.17) is 0 Å².